The van der Waals surface area contributed by atoms with Crippen molar-refractivity contribution in [3.05, 3.63) is 34.3 Å². The van der Waals surface area contributed by atoms with Gasteiger partial charge in [0.2, 0.25) is 0 Å². The molecule has 1 rings (SSSR count). The number of aryl methyl sites for hydroxylation is 1. The molecular formula is C12H11ClF2O3. The molecule has 1 aromatic rings. The maximum absolute atomic E-state index is 13.7. The Morgan fingerprint density at radius 1 is 1.39 bits per heavy atom. The molecule has 0 saturated heterocycles. The van der Waals surface area contributed by atoms with Crippen molar-refractivity contribution in [2.45, 2.75) is 19.8 Å². The van der Waals surface area contributed by atoms with Crippen LogP contribution in [-0.2, 0) is 20.2 Å². The number of halogens is 3. The Morgan fingerprint density at radius 3 is 2.50 bits per heavy atom. The van der Waals surface area contributed by atoms with E-state index in [0.29, 0.717) is 10.6 Å². The summed E-state index contributed by atoms with van der Waals surface area (Å²) in [6.45, 7) is 2.81. The number of ether oxygens (including phenoxy) is 1. The monoisotopic (exact) mass is 276 g/mol. The Bertz CT molecular complexity index is 486. The first kappa shape index (κ1) is 14.6. The van der Waals surface area contributed by atoms with Crippen molar-refractivity contribution in [1.29, 1.82) is 0 Å². The molecule has 0 N–H and O–H groups in total. The van der Waals surface area contributed by atoms with Gasteiger partial charge in [-0.25, -0.2) is 4.79 Å². The van der Waals surface area contributed by atoms with Gasteiger partial charge in [-0.05, 0) is 31.5 Å². The van der Waals surface area contributed by atoms with E-state index in [2.05, 4.69) is 4.74 Å². The summed E-state index contributed by atoms with van der Waals surface area (Å²) in [7, 11) is 0. The van der Waals surface area contributed by atoms with Crippen molar-refractivity contribution < 1.29 is 23.1 Å². The van der Waals surface area contributed by atoms with Crippen LogP contribution in [0.2, 0.25) is 5.02 Å². The van der Waals surface area contributed by atoms with Gasteiger partial charge in [-0.3, -0.25) is 4.79 Å². The molecule has 1 aromatic carbocycles. The van der Waals surface area contributed by atoms with E-state index in [1.807, 2.05) is 0 Å². The second kappa shape index (κ2) is 5.44. The highest BCUT2D eigenvalue weighted by Gasteiger charge is 2.46. The summed E-state index contributed by atoms with van der Waals surface area (Å²) in [5.41, 5.74) is -0.187. The number of carbonyl (C=O) groups is 2. The van der Waals surface area contributed by atoms with E-state index in [4.69, 9.17) is 11.6 Å². The zero-order valence-electron chi connectivity index (χ0n) is 9.80. The summed E-state index contributed by atoms with van der Waals surface area (Å²) in [6, 6.07) is 3.32. The summed E-state index contributed by atoms with van der Waals surface area (Å²) in [6.07, 6.45) is 0. The van der Waals surface area contributed by atoms with Gasteiger partial charge < -0.3 is 4.74 Å². The minimum absolute atomic E-state index is 0.139. The fourth-order valence-electron chi connectivity index (χ4n) is 1.30. The molecule has 0 spiro atoms. The normalized spacial score (nSPS) is 11.2. The van der Waals surface area contributed by atoms with Gasteiger partial charge in [-0.2, -0.15) is 8.78 Å². The standard InChI is InChI=1S/C12H11ClF2O3/c1-3-18-11(17)10(16)12(14,15)8-4-5-9(13)7(2)6-8/h4-6H,3H2,1-2H3. The van der Waals surface area contributed by atoms with Crippen molar-refractivity contribution in [3.8, 4) is 0 Å². The zero-order chi connectivity index (χ0) is 13.9. The van der Waals surface area contributed by atoms with E-state index in [0.717, 1.165) is 12.1 Å². The van der Waals surface area contributed by atoms with E-state index in [-0.39, 0.29) is 6.61 Å². The summed E-state index contributed by atoms with van der Waals surface area (Å²) in [5.74, 6) is -7.34. The van der Waals surface area contributed by atoms with E-state index >= 15 is 0 Å². The van der Waals surface area contributed by atoms with Crippen LogP contribution >= 0.6 is 11.6 Å². The molecule has 18 heavy (non-hydrogen) atoms. The lowest BCUT2D eigenvalue weighted by atomic mass is 10.0. The number of alkyl halides is 2. The molecule has 3 nitrogen and oxygen atoms in total. The highest BCUT2D eigenvalue weighted by Crippen LogP contribution is 2.31. The second-order valence-corrected chi connectivity index (χ2v) is 4.00. The Balaban J connectivity index is 3.08. The molecule has 0 saturated carbocycles. The third kappa shape index (κ3) is 2.85. The molecular weight excluding hydrogens is 266 g/mol. The van der Waals surface area contributed by atoms with Crippen LogP contribution in [0.4, 0.5) is 8.78 Å². The maximum atomic E-state index is 13.7. The SMILES string of the molecule is CCOC(=O)C(=O)C(F)(F)c1ccc(Cl)c(C)c1. The number of rotatable bonds is 4. The van der Waals surface area contributed by atoms with Crippen LogP contribution in [0.3, 0.4) is 0 Å². The first-order valence-electron chi connectivity index (χ1n) is 5.16. The molecule has 0 atom stereocenters. The third-order valence-electron chi connectivity index (χ3n) is 2.27. The van der Waals surface area contributed by atoms with E-state index < -0.39 is 23.2 Å². The largest absolute Gasteiger partial charge is 0.460 e. The summed E-state index contributed by atoms with van der Waals surface area (Å²) in [4.78, 5) is 22.3. The molecule has 0 unspecified atom stereocenters. The average molecular weight is 277 g/mol. The quantitative estimate of drug-likeness (QED) is 0.627. The highest BCUT2D eigenvalue weighted by atomic mass is 35.5. The van der Waals surface area contributed by atoms with Crippen LogP contribution in [0.5, 0.6) is 0 Å². The minimum Gasteiger partial charge on any atom is -0.460 e. The van der Waals surface area contributed by atoms with Gasteiger partial charge in [0.15, 0.2) is 0 Å². The van der Waals surface area contributed by atoms with Gasteiger partial charge >= 0.3 is 17.7 Å². The van der Waals surface area contributed by atoms with Crippen LogP contribution in [-0.4, -0.2) is 18.4 Å². The molecule has 0 aromatic heterocycles. The number of hydrogen-bond donors (Lipinski definition) is 0. The van der Waals surface area contributed by atoms with Crippen LogP contribution in [0, 0.1) is 6.92 Å². The third-order valence-corrected chi connectivity index (χ3v) is 2.69. The van der Waals surface area contributed by atoms with Gasteiger partial charge in [0.05, 0.1) is 6.61 Å². The molecule has 0 fully saturated rings. The number of benzene rings is 1. The summed E-state index contributed by atoms with van der Waals surface area (Å²) < 4.78 is 31.8. The van der Waals surface area contributed by atoms with Gasteiger partial charge in [-0.1, -0.05) is 17.7 Å². The van der Waals surface area contributed by atoms with Crippen LogP contribution in [0.15, 0.2) is 18.2 Å². The van der Waals surface area contributed by atoms with Crippen molar-refractivity contribution in [2.75, 3.05) is 6.61 Å². The highest BCUT2D eigenvalue weighted by molar-refractivity contribution is 6.36. The topological polar surface area (TPSA) is 43.4 Å². The fourth-order valence-corrected chi connectivity index (χ4v) is 1.41. The molecule has 0 aliphatic carbocycles. The number of hydrogen-bond acceptors (Lipinski definition) is 3. The lowest BCUT2D eigenvalue weighted by Crippen LogP contribution is -2.34. The van der Waals surface area contributed by atoms with Crippen molar-refractivity contribution in [3.63, 3.8) is 0 Å². The molecule has 0 amide bonds. The Kier molecular flexibility index (Phi) is 4.40. The van der Waals surface area contributed by atoms with Crippen LogP contribution in [0.25, 0.3) is 0 Å². The molecule has 0 bridgehead atoms. The summed E-state index contributed by atoms with van der Waals surface area (Å²) >= 11 is 5.70. The maximum Gasteiger partial charge on any atom is 0.381 e. The fraction of sp³-hybridized carbons (Fsp3) is 0.333. The molecule has 6 heteroatoms. The Labute approximate surface area is 108 Å². The van der Waals surface area contributed by atoms with Crippen molar-refractivity contribution >= 4 is 23.4 Å². The predicted octanol–water partition coefficient (Wildman–Crippen LogP) is 2.87. The number of esters is 1. The predicted molar refractivity (Wildman–Crippen MR) is 61.7 cm³/mol. The summed E-state index contributed by atoms with van der Waals surface area (Å²) in [5, 5.41) is 0.304. The van der Waals surface area contributed by atoms with E-state index in [1.54, 1.807) is 0 Å². The molecule has 0 aliphatic heterocycles. The molecule has 98 valence electrons. The van der Waals surface area contributed by atoms with Crippen molar-refractivity contribution in [1.82, 2.24) is 0 Å². The van der Waals surface area contributed by atoms with Crippen LogP contribution in [0.1, 0.15) is 18.1 Å². The first-order chi connectivity index (χ1) is 8.30. The van der Waals surface area contributed by atoms with E-state index in [1.165, 1.54) is 19.9 Å². The minimum atomic E-state index is -3.92. The van der Waals surface area contributed by atoms with Crippen molar-refractivity contribution in [2.24, 2.45) is 0 Å². The molecule has 0 aliphatic rings. The second-order valence-electron chi connectivity index (χ2n) is 3.59. The lowest BCUT2D eigenvalue weighted by Gasteiger charge is -2.15. The Morgan fingerprint density at radius 2 is 2.00 bits per heavy atom. The first-order valence-corrected chi connectivity index (χ1v) is 5.54. The van der Waals surface area contributed by atoms with Gasteiger partial charge in [0.1, 0.15) is 0 Å². The number of ketones is 1. The van der Waals surface area contributed by atoms with Gasteiger partial charge in [0.25, 0.3) is 0 Å². The number of carbonyl (C=O) groups excluding carboxylic acids is 2. The molecule has 0 heterocycles. The van der Waals surface area contributed by atoms with Gasteiger partial charge in [-0.15, -0.1) is 0 Å². The zero-order valence-corrected chi connectivity index (χ0v) is 10.6. The smallest absolute Gasteiger partial charge is 0.381 e. The number of Topliss-reactive ketones (excluding diaryl/α,β-unsaturated/α-hetero) is 1. The van der Waals surface area contributed by atoms with Crippen LogP contribution < -0.4 is 0 Å². The Hall–Kier alpha value is -1.49. The van der Waals surface area contributed by atoms with Gasteiger partial charge in [0, 0.05) is 10.6 Å². The lowest BCUT2D eigenvalue weighted by molar-refractivity contribution is -0.166. The molecule has 0 radical (unpaired) electrons. The average Bonchev–Trinajstić information content (AvgIpc) is 2.31. The van der Waals surface area contributed by atoms with E-state index in [9.17, 15) is 18.4 Å².